The van der Waals surface area contributed by atoms with Crippen molar-refractivity contribution >= 4 is 40.9 Å². The first kappa shape index (κ1) is 18.2. The van der Waals surface area contributed by atoms with Gasteiger partial charge in [0, 0.05) is 25.8 Å². The predicted octanol–water partition coefficient (Wildman–Crippen LogP) is 2.90. The van der Waals surface area contributed by atoms with E-state index < -0.39 is 0 Å². The Kier molecular flexibility index (Phi) is 4.50. The SMILES string of the molecule is O=C(NCC1CC1)c1ccc2c(n1)N(C(=O)Nc1ccc(Cl)cn1)[C@H]1CCN2C1. The van der Waals surface area contributed by atoms with Crippen molar-refractivity contribution in [2.75, 3.05) is 34.8 Å². The van der Waals surface area contributed by atoms with Crippen LogP contribution in [0.2, 0.25) is 5.02 Å². The summed E-state index contributed by atoms with van der Waals surface area (Å²) < 4.78 is 0. The van der Waals surface area contributed by atoms with E-state index in [1.54, 1.807) is 23.1 Å². The Morgan fingerprint density at radius 3 is 2.79 bits per heavy atom. The molecule has 4 heterocycles. The molecule has 2 N–H and O–H groups in total. The van der Waals surface area contributed by atoms with Crippen LogP contribution in [0.5, 0.6) is 0 Å². The first-order chi connectivity index (χ1) is 14.1. The zero-order valence-corrected chi connectivity index (χ0v) is 16.5. The topological polar surface area (TPSA) is 90.5 Å². The van der Waals surface area contributed by atoms with Crippen LogP contribution in [0.1, 0.15) is 29.8 Å². The number of nitrogens with one attached hydrogen (secondary N) is 2. The lowest BCUT2D eigenvalue weighted by Crippen LogP contribution is -2.48. The molecule has 0 spiro atoms. The number of nitrogens with zero attached hydrogens (tertiary/aromatic N) is 4. The van der Waals surface area contributed by atoms with Crippen LogP contribution in [-0.4, -0.2) is 47.6 Å². The summed E-state index contributed by atoms with van der Waals surface area (Å²) in [6.07, 6.45) is 4.67. The van der Waals surface area contributed by atoms with Crippen molar-refractivity contribution in [2.24, 2.45) is 5.92 Å². The fraction of sp³-hybridized carbons (Fsp3) is 0.400. The number of aromatic nitrogens is 2. The zero-order chi connectivity index (χ0) is 20.0. The molecule has 5 rings (SSSR count). The molecule has 2 fully saturated rings. The highest BCUT2D eigenvalue weighted by molar-refractivity contribution is 6.30. The van der Waals surface area contributed by atoms with Crippen LogP contribution in [0, 0.1) is 5.92 Å². The van der Waals surface area contributed by atoms with Crippen molar-refractivity contribution in [1.82, 2.24) is 15.3 Å². The minimum atomic E-state index is -0.310. The Labute approximate surface area is 173 Å². The lowest BCUT2D eigenvalue weighted by atomic mass is 10.1. The highest BCUT2D eigenvalue weighted by Crippen LogP contribution is 2.39. The molecule has 1 aliphatic carbocycles. The molecular weight excluding hydrogens is 392 g/mol. The van der Waals surface area contributed by atoms with Gasteiger partial charge in [0.25, 0.3) is 5.91 Å². The molecule has 3 aliphatic rings. The maximum atomic E-state index is 13.1. The van der Waals surface area contributed by atoms with Gasteiger partial charge in [0.15, 0.2) is 5.82 Å². The lowest BCUT2D eigenvalue weighted by Gasteiger charge is -2.35. The van der Waals surface area contributed by atoms with Crippen molar-refractivity contribution in [2.45, 2.75) is 25.3 Å². The van der Waals surface area contributed by atoms with E-state index in [4.69, 9.17) is 11.6 Å². The van der Waals surface area contributed by atoms with Crippen LogP contribution in [0.15, 0.2) is 30.5 Å². The van der Waals surface area contributed by atoms with E-state index >= 15 is 0 Å². The van der Waals surface area contributed by atoms with Gasteiger partial charge in [0.05, 0.1) is 16.8 Å². The number of anilines is 3. The normalized spacial score (nSPS) is 19.7. The standard InChI is InChI=1S/C20H21ClN6O2/c21-13-3-6-17(22-10-13)25-20(29)27-14-7-8-26(11-14)16-5-4-15(24-18(16)27)19(28)23-9-12-1-2-12/h3-6,10,12,14H,1-2,7-9,11H2,(H,23,28)(H,22,25,29)/t14-/m0/s1. The van der Waals surface area contributed by atoms with Gasteiger partial charge in [-0.1, -0.05) is 11.6 Å². The Hall–Kier alpha value is -2.87. The second kappa shape index (κ2) is 7.18. The molecular formula is C20H21ClN6O2. The van der Waals surface area contributed by atoms with Crippen molar-refractivity contribution in [3.63, 3.8) is 0 Å². The summed E-state index contributed by atoms with van der Waals surface area (Å²) in [5, 5.41) is 6.26. The molecule has 150 valence electrons. The molecule has 2 aromatic rings. The van der Waals surface area contributed by atoms with Crippen LogP contribution in [-0.2, 0) is 0 Å². The molecule has 0 radical (unpaired) electrons. The summed E-state index contributed by atoms with van der Waals surface area (Å²) in [4.78, 5) is 38.2. The Morgan fingerprint density at radius 1 is 1.17 bits per heavy atom. The number of carbonyl (C=O) groups excluding carboxylic acids is 2. The molecule has 0 unspecified atom stereocenters. The molecule has 29 heavy (non-hydrogen) atoms. The van der Waals surface area contributed by atoms with E-state index in [1.165, 1.54) is 19.0 Å². The molecule has 3 amide bonds. The van der Waals surface area contributed by atoms with Gasteiger partial charge in [-0.25, -0.2) is 14.8 Å². The maximum Gasteiger partial charge on any atom is 0.329 e. The van der Waals surface area contributed by atoms with E-state index in [0.717, 1.165) is 25.2 Å². The molecule has 8 nitrogen and oxygen atoms in total. The molecule has 1 atom stereocenters. The smallest absolute Gasteiger partial charge is 0.329 e. The minimum absolute atomic E-state index is 0.00655. The van der Waals surface area contributed by atoms with Gasteiger partial charge in [-0.3, -0.25) is 15.0 Å². The Bertz CT molecular complexity index is 962. The average molecular weight is 413 g/mol. The van der Waals surface area contributed by atoms with E-state index in [9.17, 15) is 9.59 Å². The van der Waals surface area contributed by atoms with Gasteiger partial charge < -0.3 is 10.2 Å². The van der Waals surface area contributed by atoms with Gasteiger partial charge in [0.2, 0.25) is 0 Å². The third-order valence-corrected chi connectivity index (χ3v) is 5.84. The van der Waals surface area contributed by atoms with Crippen molar-refractivity contribution < 1.29 is 9.59 Å². The largest absolute Gasteiger partial charge is 0.366 e. The molecule has 2 aromatic heterocycles. The number of rotatable bonds is 4. The number of urea groups is 1. The predicted molar refractivity (Wildman–Crippen MR) is 111 cm³/mol. The average Bonchev–Trinajstić information content (AvgIpc) is 3.47. The van der Waals surface area contributed by atoms with Gasteiger partial charge >= 0.3 is 6.03 Å². The summed E-state index contributed by atoms with van der Waals surface area (Å²) in [5.41, 5.74) is 1.20. The highest BCUT2D eigenvalue weighted by Gasteiger charge is 2.40. The molecule has 9 heteroatoms. The number of hydrogen-bond acceptors (Lipinski definition) is 5. The Balaban J connectivity index is 1.42. The van der Waals surface area contributed by atoms with E-state index in [1.807, 2.05) is 6.07 Å². The number of pyridine rings is 2. The molecule has 2 bridgehead atoms. The fourth-order valence-corrected chi connectivity index (χ4v) is 3.98. The molecule has 0 aromatic carbocycles. The zero-order valence-electron chi connectivity index (χ0n) is 15.8. The van der Waals surface area contributed by atoms with Crippen LogP contribution in [0.3, 0.4) is 0 Å². The molecule has 2 aliphatic heterocycles. The lowest BCUT2D eigenvalue weighted by molar-refractivity contribution is 0.0947. The van der Waals surface area contributed by atoms with Gasteiger partial charge in [-0.2, -0.15) is 0 Å². The Morgan fingerprint density at radius 2 is 2.03 bits per heavy atom. The maximum absolute atomic E-state index is 13.1. The van der Waals surface area contributed by atoms with Crippen molar-refractivity contribution in [3.8, 4) is 0 Å². The number of carbonyl (C=O) groups is 2. The molecule has 1 saturated heterocycles. The number of fused-ring (bicyclic) bond motifs is 4. The highest BCUT2D eigenvalue weighted by atomic mass is 35.5. The number of hydrogen-bond donors (Lipinski definition) is 2. The van der Waals surface area contributed by atoms with Crippen molar-refractivity contribution in [1.29, 1.82) is 0 Å². The van der Waals surface area contributed by atoms with Crippen LogP contribution in [0.25, 0.3) is 0 Å². The number of halogens is 1. The summed E-state index contributed by atoms with van der Waals surface area (Å²) in [6.45, 7) is 2.29. The van der Waals surface area contributed by atoms with Crippen LogP contribution >= 0.6 is 11.6 Å². The van der Waals surface area contributed by atoms with E-state index in [-0.39, 0.29) is 18.0 Å². The molecule has 1 saturated carbocycles. The second-order valence-electron chi connectivity index (χ2n) is 7.74. The summed E-state index contributed by atoms with van der Waals surface area (Å²) in [6, 6.07) is 6.64. The fourth-order valence-electron chi connectivity index (χ4n) is 3.87. The van der Waals surface area contributed by atoms with Crippen LogP contribution < -0.4 is 20.4 Å². The first-order valence-corrected chi connectivity index (χ1v) is 10.2. The van der Waals surface area contributed by atoms with E-state index in [2.05, 4.69) is 25.5 Å². The third-order valence-electron chi connectivity index (χ3n) is 5.61. The third kappa shape index (κ3) is 3.60. The van der Waals surface area contributed by atoms with Gasteiger partial charge in [-0.05, 0) is 49.4 Å². The summed E-state index contributed by atoms with van der Waals surface area (Å²) >= 11 is 5.87. The van der Waals surface area contributed by atoms with Crippen molar-refractivity contribution in [3.05, 3.63) is 41.2 Å². The quantitative estimate of drug-likeness (QED) is 0.805. The van der Waals surface area contributed by atoms with Crippen LogP contribution in [0.4, 0.5) is 22.1 Å². The minimum Gasteiger partial charge on any atom is -0.366 e. The second-order valence-corrected chi connectivity index (χ2v) is 8.18. The van der Waals surface area contributed by atoms with Gasteiger partial charge in [0.1, 0.15) is 11.5 Å². The van der Waals surface area contributed by atoms with E-state index in [0.29, 0.717) is 34.8 Å². The summed E-state index contributed by atoms with van der Waals surface area (Å²) in [5.74, 6) is 1.32. The summed E-state index contributed by atoms with van der Waals surface area (Å²) in [7, 11) is 0. The monoisotopic (exact) mass is 412 g/mol. The first-order valence-electron chi connectivity index (χ1n) is 9.84. The number of amides is 3. The van der Waals surface area contributed by atoms with Gasteiger partial charge in [-0.15, -0.1) is 0 Å².